The predicted octanol–water partition coefficient (Wildman–Crippen LogP) is 5.28. The maximum absolute atomic E-state index is 13.8. The lowest BCUT2D eigenvalue weighted by atomic mass is 10.0. The van der Waals surface area contributed by atoms with Gasteiger partial charge in [-0.25, -0.2) is 13.8 Å². The molecule has 0 unspecified atom stereocenters. The predicted molar refractivity (Wildman–Crippen MR) is 124 cm³/mol. The van der Waals surface area contributed by atoms with E-state index >= 15 is 0 Å². The van der Waals surface area contributed by atoms with Crippen LogP contribution in [0.15, 0.2) is 35.5 Å². The minimum absolute atomic E-state index is 0.0807. The van der Waals surface area contributed by atoms with E-state index in [0.717, 1.165) is 29.2 Å². The van der Waals surface area contributed by atoms with Gasteiger partial charge in [0.25, 0.3) is 0 Å². The van der Waals surface area contributed by atoms with Crippen molar-refractivity contribution in [2.75, 3.05) is 25.9 Å². The number of allylic oxidation sites excluding steroid dienone is 2. The molecule has 8 heteroatoms. The average molecular weight is 451 g/mol. The summed E-state index contributed by atoms with van der Waals surface area (Å²) in [6.07, 6.45) is 7.85. The molecule has 0 spiro atoms. The van der Waals surface area contributed by atoms with Gasteiger partial charge >= 0.3 is 0 Å². The van der Waals surface area contributed by atoms with Crippen LogP contribution >= 0.6 is 11.6 Å². The summed E-state index contributed by atoms with van der Waals surface area (Å²) < 4.78 is 32.7. The van der Waals surface area contributed by atoms with Crippen LogP contribution in [0.1, 0.15) is 37.8 Å². The molecule has 5 nitrogen and oxygen atoms in total. The van der Waals surface area contributed by atoms with Gasteiger partial charge in [0.05, 0.1) is 5.02 Å². The molecule has 0 radical (unpaired) electrons. The molecular weight excluding hydrogens is 422 g/mol. The maximum atomic E-state index is 13.8. The van der Waals surface area contributed by atoms with Crippen LogP contribution in [0, 0.1) is 17.6 Å². The number of nitrogens with one attached hydrogen (secondary N) is 1. The Kier molecular flexibility index (Phi) is 9.88. The number of pyridine rings is 1. The monoisotopic (exact) mass is 450 g/mol. The summed E-state index contributed by atoms with van der Waals surface area (Å²) in [6, 6.07) is 3.61. The highest BCUT2D eigenvalue weighted by Crippen LogP contribution is 2.28. The fourth-order valence-corrected chi connectivity index (χ4v) is 3.21. The van der Waals surface area contributed by atoms with Gasteiger partial charge in [-0.1, -0.05) is 24.6 Å². The zero-order chi connectivity index (χ0) is 22.8. The van der Waals surface area contributed by atoms with E-state index in [1.807, 2.05) is 13.0 Å². The standard InChI is InChI=1S/C17H16ClF2N3O.C6H13N/c1-3-10(7-22-2)11-6-15(17(21)23-8-11)24-9-12-13(19)4-5-14(20)16(12)18;1-6-2-4-7-5-3-6/h3-8H,9H2,1-2H3,(H2,21,23);6-7H,2-5H2,1H3/b10-3+,22-7?;. The minimum Gasteiger partial charge on any atom is -0.485 e. The Labute approximate surface area is 187 Å². The number of nitrogen functional groups attached to an aromatic ring is 1. The molecule has 1 aromatic heterocycles. The lowest BCUT2D eigenvalue weighted by molar-refractivity contribution is 0.300. The largest absolute Gasteiger partial charge is 0.485 e. The second kappa shape index (κ2) is 12.4. The van der Waals surface area contributed by atoms with Gasteiger partial charge in [0, 0.05) is 30.6 Å². The molecule has 1 saturated heterocycles. The van der Waals surface area contributed by atoms with Crippen molar-refractivity contribution in [3.8, 4) is 5.75 Å². The van der Waals surface area contributed by atoms with E-state index in [1.54, 1.807) is 25.5 Å². The fourth-order valence-electron chi connectivity index (χ4n) is 3.00. The van der Waals surface area contributed by atoms with Crippen molar-refractivity contribution in [2.45, 2.75) is 33.3 Å². The third-order valence-electron chi connectivity index (χ3n) is 4.93. The fraction of sp³-hybridized carbons (Fsp3) is 0.391. The molecule has 0 atom stereocenters. The molecule has 0 bridgehead atoms. The molecule has 1 fully saturated rings. The number of anilines is 1. The molecule has 1 aliphatic heterocycles. The first-order valence-corrected chi connectivity index (χ1v) is 10.5. The van der Waals surface area contributed by atoms with E-state index in [1.165, 1.54) is 25.9 Å². The van der Waals surface area contributed by atoms with Crippen LogP contribution in [0.2, 0.25) is 5.02 Å². The molecule has 1 aliphatic rings. The van der Waals surface area contributed by atoms with E-state index in [2.05, 4.69) is 22.2 Å². The Balaban J connectivity index is 0.000000412. The number of benzene rings is 1. The summed E-state index contributed by atoms with van der Waals surface area (Å²) in [7, 11) is 1.65. The number of nitrogens with two attached hydrogens (primary N) is 1. The Morgan fingerprint density at radius 3 is 2.58 bits per heavy atom. The highest BCUT2D eigenvalue weighted by Gasteiger charge is 2.14. The Hall–Kier alpha value is -2.51. The molecule has 0 saturated carbocycles. The quantitative estimate of drug-likeness (QED) is 0.480. The second-order valence-corrected chi connectivity index (χ2v) is 7.66. The van der Waals surface area contributed by atoms with E-state index in [4.69, 9.17) is 22.1 Å². The number of ether oxygens (including phenoxy) is 1. The van der Waals surface area contributed by atoms with Gasteiger partial charge in [0.2, 0.25) is 0 Å². The first kappa shape index (κ1) is 24.8. The van der Waals surface area contributed by atoms with Crippen LogP contribution in [-0.4, -0.2) is 31.3 Å². The van der Waals surface area contributed by atoms with Crippen LogP contribution in [0.25, 0.3) is 5.57 Å². The second-order valence-electron chi connectivity index (χ2n) is 7.28. The van der Waals surface area contributed by atoms with E-state index in [9.17, 15) is 8.78 Å². The Morgan fingerprint density at radius 2 is 2.00 bits per heavy atom. The molecule has 168 valence electrons. The van der Waals surface area contributed by atoms with Gasteiger partial charge in [-0.3, -0.25) is 4.99 Å². The number of hydrogen-bond acceptors (Lipinski definition) is 5. The third-order valence-corrected chi connectivity index (χ3v) is 5.34. The van der Waals surface area contributed by atoms with Crippen molar-refractivity contribution >= 4 is 29.2 Å². The summed E-state index contributed by atoms with van der Waals surface area (Å²) in [4.78, 5) is 8.01. The normalized spacial score (nSPS) is 15.0. The zero-order valence-corrected chi connectivity index (χ0v) is 18.8. The lowest BCUT2D eigenvalue weighted by Crippen LogP contribution is -2.26. The zero-order valence-electron chi connectivity index (χ0n) is 18.1. The van der Waals surface area contributed by atoms with Gasteiger partial charge in [0.15, 0.2) is 11.6 Å². The van der Waals surface area contributed by atoms with Crippen molar-refractivity contribution in [3.63, 3.8) is 0 Å². The van der Waals surface area contributed by atoms with Crippen LogP contribution in [-0.2, 0) is 6.61 Å². The van der Waals surface area contributed by atoms with Crippen LogP contribution in [0.5, 0.6) is 5.75 Å². The summed E-state index contributed by atoms with van der Waals surface area (Å²) in [6.45, 7) is 6.38. The number of aliphatic imine (C=N–C) groups is 1. The number of nitrogens with zero attached hydrogens (tertiary/aromatic N) is 2. The summed E-state index contributed by atoms with van der Waals surface area (Å²) in [5.41, 5.74) is 7.26. The third kappa shape index (κ3) is 7.29. The number of halogens is 3. The van der Waals surface area contributed by atoms with Crippen molar-refractivity contribution in [2.24, 2.45) is 10.9 Å². The molecule has 2 heterocycles. The maximum Gasteiger partial charge on any atom is 0.166 e. The molecular formula is C23H29ClF2N4O. The number of hydrogen-bond donors (Lipinski definition) is 2. The Morgan fingerprint density at radius 1 is 1.32 bits per heavy atom. The van der Waals surface area contributed by atoms with Gasteiger partial charge in [-0.2, -0.15) is 0 Å². The molecule has 3 rings (SSSR count). The van der Waals surface area contributed by atoms with E-state index in [-0.39, 0.29) is 28.8 Å². The molecule has 3 N–H and O–H groups in total. The minimum atomic E-state index is -0.716. The van der Waals surface area contributed by atoms with Crippen molar-refractivity contribution in [1.29, 1.82) is 0 Å². The average Bonchev–Trinajstić information content (AvgIpc) is 2.77. The number of rotatable bonds is 5. The summed E-state index contributed by atoms with van der Waals surface area (Å²) in [5, 5.41) is 3.00. The Bertz CT molecular complexity index is 928. The smallest absolute Gasteiger partial charge is 0.166 e. The summed E-state index contributed by atoms with van der Waals surface area (Å²) >= 11 is 5.78. The highest BCUT2D eigenvalue weighted by atomic mass is 35.5. The highest BCUT2D eigenvalue weighted by molar-refractivity contribution is 6.31. The van der Waals surface area contributed by atoms with Crippen molar-refractivity contribution in [1.82, 2.24) is 10.3 Å². The number of aromatic nitrogens is 1. The van der Waals surface area contributed by atoms with Crippen LogP contribution in [0.3, 0.4) is 0 Å². The lowest BCUT2D eigenvalue weighted by Gasteiger charge is -2.17. The van der Waals surface area contributed by atoms with Gasteiger partial charge in [-0.05, 0) is 62.5 Å². The van der Waals surface area contributed by atoms with Gasteiger partial charge in [0.1, 0.15) is 18.2 Å². The van der Waals surface area contributed by atoms with Crippen molar-refractivity contribution < 1.29 is 13.5 Å². The van der Waals surface area contributed by atoms with E-state index in [0.29, 0.717) is 0 Å². The molecule has 1 aromatic carbocycles. The first-order chi connectivity index (χ1) is 14.9. The summed E-state index contributed by atoms with van der Waals surface area (Å²) in [5.74, 6) is -0.0175. The number of piperidine rings is 1. The molecule has 0 aliphatic carbocycles. The van der Waals surface area contributed by atoms with Crippen LogP contribution < -0.4 is 15.8 Å². The topological polar surface area (TPSA) is 72.5 Å². The van der Waals surface area contributed by atoms with E-state index < -0.39 is 11.6 Å². The molecule has 2 aromatic rings. The van der Waals surface area contributed by atoms with Gasteiger partial charge in [-0.15, -0.1) is 0 Å². The molecule has 31 heavy (non-hydrogen) atoms. The van der Waals surface area contributed by atoms with Crippen molar-refractivity contribution in [3.05, 3.63) is 58.3 Å². The van der Waals surface area contributed by atoms with Crippen LogP contribution in [0.4, 0.5) is 14.6 Å². The van der Waals surface area contributed by atoms with Gasteiger partial charge < -0.3 is 15.8 Å². The SMILES string of the molecule is C/C=C(\C=NC)c1cnc(N)c(OCc2c(F)ccc(F)c2Cl)c1.CC1CCNCC1. The first-order valence-electron chi connectivity index (χ1n) is 10.2. The molecule has 0 amide bonds.